The van der Waals surface area contributed by atoms with Crippen molar-refractivity contribution in [3.8, 4) is 17.0 Å². The van der Waals surface area contributed by atoms with Gasteiger partial charge in [0, 0.05) is 41.5 Å². The van der Waals surface area contributed by atoms with E-state index in [-0.39, 0.29) is 5.91 Å². The van der Waals surface area contributed by atoms with Gasteiger partial charge in [0.25, 0.3) is 5.91 Å². The molecule has 7 nitrogen and oxygen atoms in total. The van der Waals surface area contributed by atoms with Crippen LogP contribution in [0.1, 0.15) is 16.9 Å². The number of hydrogen-bond donors (Lipinski definition) is 2. The van der Waals surface area contributed by atoms with Crippen LogP contribution in [-0.4, -0.2) is 67.3 Å². The number of rotatable bonds is 7. The zero-order valence-electron chi connectivity index (χ0n) is 18.8. The normalized spacial score (nSPS) is 14.6. The molecule has 0 atom stereocenters. The van der Waals surface area contributed by atoms with Gasteiger partial charge in [-0.05, 0) is 49.4 Å². The van der Waals surface area contributed by atoms with Gasteiger partial charge >= 0.3 is 0 Å². The van der Waals surface area contributed by atoms with E-state index in [9.17, 15) is 4.79 Å². The molecule has 0 aliphatic carbocycles. The number of aromatic amines is 1. The summed E-state index contributed by atoms with van der Waals surface area (Å²) in [4.78, 5) is 23.7. The average molecular weight is 445 g/mol. The molecule has 33 heavy (non-hydrogen) atoms. The van der Waals surface area contributed by atoms with Crippen LogP contribution in [0.3, 0.4) is 0 Å². The number of pyridine rings is 1. The van der Waals surface area contributed by atoms with Gasteiger partial charge in [-0.25, -0.2) is 4.98 Å². The van der Waals surface area contributed by atoms with Crippen molar-refractivity contribution < 1.29 is 14.3 Å². The van der Waals surface area contributed by atoms with Crippen molar-refractivity contribution in [2.45, 2.75) is 6.42 Å². The molecule has 2 aromatic carbocycles. The Morgan fingerprint density at radius 3 is 2.70 bits per heavy atom. The lowest BCUT2D eigenvalue weighted by atomic mass is 10.1. The Kier molecular flexibility index (Phi) is 6.24. The van der Waals surface area contributed by atoms with Gasteiger partial charge in [-0.2, -0.15) is 0 Å². The molecule has 1 saturated heterocycles. The number of carbonyl (C=O) groups is 1. The summed E-state index contributed by atoms with van der Waals surface area (Å²) in [5.74, 6) is 0.625. The Labute approximate surface area is 192 Å². The highest BCUT2D eigenvalue weighted by molar-refractivity contribution is 6.13. The van der Waals surface area contributed by atoms with Gasteiger partial charge in [-0.3, -0.25) is 9.69 Å². The second-order valence-electron chi connectivity index (χ2n) is 8.24. The Morgan fingerprint density at radius 1 is 1.12 bits per heavy atom. The van der Waals surface area contributed by atoms with Crippen LogP contribution in [0.4, 0.5) is 0 Å². The van der Waals surface area contributed by atoms with Gasteiger partial charge in [-0.15, -0.1) is 0 Å². The maximum absolute atomic E-state index is 13.0. The van der Waals surface area contributed by atoms with E-state index in [4.69, 9.17) is 14.5 Å². The Hall–Kier alpha value is -3.42. The number of methoxy groups -OCH3 is 1. The fourth-order valence-corrected chi connectivity index (χ4v) is 4.34. The van der Waals surface area contributed by atoms with Crippen LogP contribution in [0.5, 0.6) is 5.75 Å². The Balaban J connectivity index is 1.42. The van der Waals surface area contributed by atoms with E-state index in [0.717, 1.165) is 78.1 Å². The Bertz CT molecular complexity index is 1260. The minimum absolute atomic E-state index is 0.154. The number of benzene rings is 2. The van der Waals surface area contributed by atoms with Gasteiger partial charge in [0.05, 0.1) is 31.5 Å². The van der Waals surface area contributed by atoms with Crippen molar-refractivity contribution in [2.75, 3.05) is 46.5 Å². The fourth-order valence-electron chi connectivity index (χ4n) is 4.34. The third-order valence-electron chi connectivity index (χ3n) is 6.13. The number of carbonyl (C=O) groups excluding carboxylic acids is 1. The molecular formula is C26H28N4O3. The number of hydrogen-bond acceptors (Lipinski definition) is 5. The minimum atomic E-state index is -0.154. The standard InChI is InChI=1S/C26H28N4O3/c1-32-19-9-7-18(8-10-19)24-25-21(20-5-2-3-6-22(20)28-25)17-23(29-24)26(31)27-11-4-12-30-13-15-33-16-14-30/h2-3,5-10,17,28H,4,11-16H2,1H3,(H,27,31). The van der Waals surface area contributed by atoms with E-state index >= 15 is 0 Å². The molecule has 7 heteroatoms. The zero-order valence-corrected chi connectivity index (χ0v) is 18.8. The van der Waals surface area contributed by atoms with E-state index in [1.807, 2.05) is 48.5 Å². The lowest BCUT2D eigenvalue weighted by molar-refractivity contribution is 0.0374. The number of aromatic nitrogens is 2. The second kappa shape index (κ2) is 9.60. The molecule has 3 heterocycles. The molecular weight excluding hydrogens is 416 g/mol. The number of morpholine rings is 1. The van der Waals surface area contributed by atoms with Crippen LogP contribution in [-0.2, 0) is 4.74 Å². The van der Waals surface area contributed by atoms with Crippen LogP contribution >= 0.6 is 0 Å². The molecule has 1 aliphatic rings. The van der Waals surface area contributed by atoms with Crippen LogP contribution in [0.25, 0.3) is 33.1 Å². The zero-order chi connectivity index (χ0) is 22.6. The SMILES string of the molecule is COc1ccc(-c2nc(C(=O)NCCCN3CCOCC3)cc3c2[nH]c2ccccc23)cc1. The molecule has 0 spiro atoms. The number of nitrogens with one attached hydrogen (secondary N) is 2. The van der Waals surface area contributed by atoms with E-state index < -0.39 is 0 Å². The molecule has 2 aromatic heterocycles. The van der Waals surface area contributed by atoms with Crippen molar-refractivity contribution in [1.82, 2.24) is 20.2 Å². The maximum atomic E-state index is 13.0. The highest BCUT2D eigenvalue weighted by atomic mass is 16.5. The van der Waals surface area contributed by atoms with Crippen molar-refractivity contribution in [2.24, 2.45) is 0 Å². The summed E-state index contributed by atoms with van der Waals surface area (Å²) in [6.07, 6.45) is 0.895. The molecule has 1 amide bonds. The van der Waals surface area contributed by atoms with E-state index in [1.165, 1.54) is 0 Å². The summed E-state index contributed by atoms with van der Waals surface area (Å²) in [6.45, 7) is 5.05. The highest BCUT2D eigenvalue weighted by Crippen LogP contribution is 2.33. The van der Waals surface area contributed by atoms with Crippen molar-refractivity contribution >= 4 is 27.7 Å². The van der Waals surface area contributed by atoms with E-state index in [1.54, 1.807) is 7.11 Å². The highest BCUT2D eigenvalue weighted by Gasteiger charge is 2.17. The van der Waals surface area contributed by atoms with E-state index in [2.05, 4.69) is 21.3 Å². The third-order valence-corrected chi connectivity index (χ3v) is 6.13. The van der Waals surface area contributed by atoms with Gasteiger partial charge in [0.15, 0.2) is 0 Å². The molecule has 5 rings (SSSR count). The monoisotopic (exact) mass is 444 g/mol. The molecule has 1 aliphatic heterocycles. The number of H-pyrrole nitrogens is 1. The molecule has 2 N–H and O–H groups in total. The molecule has 1 fully saturated rings. The van der Waals surface area contributed by atoms with Gasteiger partial charge in [0.2, 0.25) is 0 Å². The first-order chi connectivity index (χ1) is 16.2. The predicted molar refractivity (Wildman–Crippen MR) is 130 cm³/mol. The summed E-state index contributed by atoms with van der Waals surface area (Å²) in [5, 5.41) is 5.12. The number of para-hydroxylation sites is 1. The molecule has 0 saturated carbocycles. The minimum Gasteiger partial charge on any atom is -0.497 e. The summed E-state index contributed by atoms with van der Waals surface area (Å²) < 4.78 is 10.7. The maximum Gasteiger partial charge on any atom is 0.269 e. The quantitative estimate of drug-likeness (QED) is 0.424. The first-order valence-electron chi connectivity index (χ1n) is 11.4. The van der Waals surface area contributed by atoms with Crippen molar-refractivity contribution in [3.05, 3.63) is 60.3 Å². The largest absolute Gasteiger partial charge is 0.497 e. The van der Waals surface area contributed by atoms with Crippen LogP contribution in [0, 0.1) is 0 Å². The molecule has 0 unspecified atom stereocenters. The number of amides is 1. The molecule has 4 aromatic rings. The third kappa shape index (κ3) is 4.55. The Morgan fingerprint density at radius 2 is 1.91 bits per heavy atom. The summed E-state index contributed by atoms with van der Waals surface area (Å²) in [6, 6.07) is 17.8. The molecule has 0 radical (unpaired) electrons. The number of nitrogens with zero attached hydrogens (tertiary/aromatic N) is 2. The molecule has 0 bridgehead atoms. The van der Waals surface area contributed by atoms with Gasteiger partial charge in [0.1, 0.15) is 11.4 Å². The summed E-state index contributed by atoms with van der Waals surface area (Å²) in [5.41, 5.74) is 4.04. The number of ether oxygens (including phenoxy) is 2. The summed E-state index contributed by atoms with van der Waals surface area (Å²) in [7, 11) is 1.65. The smallest absolute Gasteiger partial charge is 0.269 e. The first-order valence-corrected chi connectivity index (χ1v) is 11.4. The van der Waals surface area contributed by atoms with Crippen LogP contribution < -0.4 is 10.1 Å². The average Bonchev–Trinajstić information content (AvgIpc) is 3.25. The van der Waals surface area contributed by atoms with Crippen LogP contribution in [0.15, 0.2) is 54.6 Å². The van der Waals surface area contributed by atoms with Gasteiger partial charge < -0.3 is 19.8 Å². The van der Waals surface area contributed by atoms with Crippen molar-refractivity contribution in [3.63, 3.8) is 0 Å². The lowest BCUT2D eigenvalue weighted by Gasteiger charge is -2.26. The van der Waals surface area contributed by atoms with Gasteiger partial charge in [-0.1, -0.05) is 18.2 Å². The first kappa shape index (κ1) is 21.4. The topological polar surface area (TPSA) is 79.5 Å². The lowest BCUT2D eigenvalue weighted by Crippen LogP contribution is -2.38. The molecule has 170 valence electrons. The predicted octanol–water partition coefficient (Wildman–Crippen LogP) is 3.84. The number of fused-ring (bicyclic) bond motifs is 3. The van der Waals surface area contributed by atoms with Crippen molar-refractivity contribution in [1.29, 1.82) is 0 Å². The second-order valence-corrected chi connectivity index (χ2v) is 8.24. The summed E-state index contributed by atoms with van der Waals surface area (Å²) >= 11 is 0. The van der Waals surface area contributed by atoms with Crippen LogP contribution in [0.2, 0.25) is 0 Å². The van der Waals surface area contributed by atoms with E-state index in [0.29, 0.717) is 12.2 Å². The fraction of sp³-hybridized carbons (Fsp3) is 0.308.